The number of allylic oxidation sites excluding steroid dienone is 1. The van der Waals surface area contributed by atoms with Gasteiger partial charge in [0.2, 0.25) is 0 Å². The van der Waals surface area contributed by atoms with Crippen LogP contribution in [0, 0.1) is 12.8 Å². The van der Waals surface area contributed by atoms with Crippen molar-refractivity contribution in [2.24, 2.45) is 15.9 Å². The molecular formula is C18H21N3OS. The Kier molecular flexibility index (Phi) is 4.39. The van der Waals surface area contributed by atoms with E-state index in [1.807, 2.05) is 19.2 Å². The Labute approximate surface area is 141 Å². The molecule has 2 aliphatic rings. The molecule has 1 N–H and O–H groups in total. The third-order valence-corrected chi connectivity index (χ3v) is 5.73. The van der Waals surface area contributed by atoms with Crippen molar-refractivity contribution < 1.29 is 4.79 Å². The molecule has 3 rings (SSSR count). The molecule has 0 spiro atoms. The number of nitrogens with zero attached hydrogens (tertiary/aromatic N) is 2. The Bertz CT molecular complexity index is 693. The molecule has 0 bridgehead atoms. The first-order valence-corrected chi connectivity index (χ1v) is 8.64. The second-order valence-corrected chi connectivity index (χ2v) is 7.66. The number of aliphatic imine (C=N–C) groups is 2. The Hall–Kier alpha value is -1.88. The van der Waals surface area contributed by atoms with Gasteiger partial charge in [0.1, 0.15) is 4.75 Å². The predicted octanol–water partition coefficient (Wildman–Crippen LogP) is 3.64. The van der Waals surface area contributed by atoms with Crippen LogP contribution in [0.1, 0.15) is 37.4 Å². The smallest absolute Gasteiger partial charge is 0.265 e. The van der Waals surface area contributed by atoms with Crippen LogP contribution in [0.15, 0.2) is 46.5 Å². The highest BCUT2D eigenvalue weighted by Gasteiger charge is 2.46. The lowest BCUT2D eigenvalue weighted by molar-refractivity contribution is -0.120. The molecule has 2 unspecified atom stereocenters. The van der Waals surface area contributed by atoms with E-state index in [-0.39, 0.29) is 17.9 Å². The number of amidine groups is 1. The fourth-order valence-electron chi connectivity index (χ4n) is 2.77. The summed E-state index contributed by atoms with van der Waals surface area (Å²) >= 11 is 1.53. The van der Waals surface area contributed by atoms with Gasteiger partial charge in [-0.2, -0.15) is 4.99 Å². The standard InChI is InChI=1S/C18H21N3OS/c1-12-4-6-14(7-5-12)13(2)20-17-21-16(22)18(3,23-17)15-8-10-19-11-9-15/h4-8,10-11,13,15H,9H2,1-3H3,(H,20,21,22)/t13?,15?,18-/m0/s1. The molecule has 0 saturated carbocycles. The van der Waals surface area contributed by atoms with Gasteiger partial charge in [-0.05, 0) is 32.8 Å². The van der Waals surface area contributed by atoms with Gasteiger partial charge in [-0.3, -0.25) is 9.79 Å². The molecule has 4 nitrogen and oxygen atoms in total. The molecule has 0 aromatic heterocycles. The minimum absolute atomic E-state index is 0.0638. The summed E-state index contributed by atoms with van der Waals surface area (Å²) in [6.45, 7) is 6.13. The average Bonchev–Trinajstić information content (AvgIpc) is 2.84. The number of rotatable bonds is 3. The van der Waals surface area contributed by atoms with Crippen molar-refractivity contribution in [2.45, 2.75) is 38.0 Å². The molecular weight excluding hydrogens is 306 g/mol. The fourth-order valence-corrected chi connectivity index (χ4v) is 3.99. The Morgan fingerprint density at radius 1 is 1.35 bits per heavy atom. The highest BCUT2D eigenvalue weighted by atomic mass is 32.2. The number of amides is 1. The first kappa shape index (κ1) is 16.0. The van der Waals surface area contributed by atoms with E-state index in [4.69, 9.17) is 0 Å². The molecule has 2 aliphatic heterocycles. The fraction of sp³-hybridized carbons (Fsp3) is 0.389. The molecule has 0 radical (unpaired) electrons. The molecule has 23 heavy (non-hydrogen) atoms. The Balaban J connectivity index is 1.69. The van der Waals surface area contributed by atoms with Crippen molar-refractivity contribution in [3.05, 3.63) is 47.7 Å². The Morgan fingerprint density at radius 3 is 2.74 bits per heavy atom. The topological polar surface area (TPSA) is 53.8 Å². The van der Waals surface area contributed by atoms with Crippen LogP contribution in [-0.4, -0.2) is 22.0 Å². The van der Waals surface area contributed by atoms with E-state index in [1.54, 1.807) is 6.20 Å². The molecule has 1 amide bonds. The monoisotopic (exact) mass is 327 g/mol. The first-order chi connectivity index (χ1) is 11.0. The Morgan fingerprint density at radius 2 is 2.09 bits per heavy atom. The first-order valence-electron chi connectivity index (χ1n) is 7.82. The SMILES string of the molecule is Cc1ccc(C(C)NC2=NC(=O)[C@](C)(C3C=CN=CC3)S2)cc1. The summed E-state index contributed by atoms with van der Waals surface area (Å²) in [5.74, 6) is 0.0706. The van der Waals surface area contributed by atoms with Crippen molar-refractivity contribution >= 4 is 29.1 Å². The maximum absolute atomic E-state index is 12.4. The molecule has 3 atom stereocenters. The lowest BCUT2D eigenvalue weighted by atomic mass is 9.89. The quantitative estimate of drug-likeness (QED) is 0.922. The number of hydrogen-bond acceptors (Lipinski definition) is 4. The zero-order chi connectivity index (χ0) is 16.4. The van der Waals surface area contributed by atoms with Gasteiger partial charge in [-0.1, -0.05) is 47.7 Å². The minimum Gasteiger partial charge on any atom is -0.358 e. The van der Waals surface area contributed by atoms with Crippen LogP contribution < -0.4 is 5.32 Å². The largest absolute Gasteiger partial charge is 0.358 e. The summed E-state index contributed by atoms with van der Waals surface area (Å²) in [6, 6.07) is 8.51. The molecule has 0 fully saturated rings. The van der Waals surface area contributed by atoms with E-state index in [9.17, 15) is 4.79 Å². The van der Waals surface area contributed by atoms with Crippen molar-refractivity contribution in [1.29, 1.82) is 0 Å². The molecule has 2 heterocycles. The van der Waals surface area contributed by atoms with E-state index >= 15 is 0 Å². The summed E-state index contributed by atoms with van der Waals surface area (Å²) < 4.78 is -0.543. The van der Waals surface area contributed by atoms with Crippen molar-refractivity contribution in [1.82, 2.24) is 5.32 Å². The van der Waals surface area contributed by atoms with Gasteiger partial charge in [0.15, 0.2) is 5.17 Å². The summed E-state index contributed by atoms with van der Waals surface area (Å²) in [6.07, 6.45) is 6.42. The lowest BCUT2D eigenvalue weighted by Gasteiger charge is -2.28. The number of benzene rings is 1. The molecule has 1 aromatic carbocycles. The van der Waals surface area contributed by atoms with Gasteiger partial charge in [0, 0.05) is 18.3 Å². The highest BCUT2D eigenvalue weighted by Crippen LogP contribution is 2.42. The number of aryl methyl sites for hydroxylation is 1. The van der Waals surface area contributed by atoms with Crippen LogP contribution in [0.25, 0.3) is 0 Å². The van der Waals surface area contributed by atoms with E-state index in [0.29, 0.717) is 5.17 Å². The van der Waals surface area contributed by atoms with Gasteiger partial charge in [0.25, 0.3) is 5.91 Å². The lowest BCUT2D eigenvalue weighted by Crippen LogP contribution is -2.37. The summed E-state index contributed by atoms with van der Waals surface area (Å²) in [7, 11) is 0. The number of thioether (sulfide) groups is 1. The van der Waals surface area contributed by atoms with Crippen LogP contribution in [0.5, 0.6) is 0 Å². The number of nitrogens with one attached hydrogen (secondary N) is 1. The maximum Gasteiger partial charge on any atom is 0.265 e. The van der Waals surface area contributed by atoms with Crippen LogP contribution in [0.3, 0.4) is 0 Å². The summed E-state index contributed by atoms with van der Waals surface area (Å²) in [5, 5.41) is 4.08. The zero-order valence-electron chi connectivity index (χ0n) is 13.6. The number of hydrogen-bond donors (Lipinski definition) is 1. The summed E-state index contributed by atoms with van der Waals surface area (Å²) in [4.78, 5) is 20.8. The average molecular weight is 327 g/mol. The normalized spacial score (nSPS) is 27.9. The third-order valence-electron chi connectivity index (χ3n) is 4.43. The van der Waals surface area contributed by atoms with E-state index in [2.05, 4.69) is 53.4 Å². The number of carbonyl (C=O) groups excluding carboxylic acids is 1. The van der Waals surface area contributed by atoms with Crippen LogP contribution in [-0.2, 0) is 4.79 Å². The maximum atomic E-state index is 12.4. The van der Waals surface area contributed by atoms with Gasteiger partial charge >= 0.3 is 0 Å². The molecule has 0 aliphatic carbocycles. The molecule has 0 saturated heterocycles. The predicted molar refractivity (Wildman–Crippen MR) is 96.9 cm³/mol. The zero-order valence-corrected chi connectivity index (χ0v) is 14.4. The van der Waals surface area contributed by atoms with Gasteiger partial charge < -0.3 is 5.32 Å². The van der Waals surface area contributed by atoms with E-state index < -0.39 is 4.75 Å². The number of carbonyl (C=O) groups is 1. The van der Waals surface area contributed by atoms with Crippen LogP contribution in [0.4, 0.5) is 0 Å². The van der Waals surface area contributed by atoms with Crippen molar-refractivity contribution in [3.63, 3.8) is 0 Å². The van der Waals surface area contributed by atoms with Crippen LogP contribution >= 0.6 is 11.8 Å². The third kappa shape index (κ3) is 3.24. The highest BCUT2D eigenvalue weighted by molar-refractivity contribution is 8.16. The summed E-state index contributed by atoms with van der Waals surface area (Å²) in [5.41, 5.74) is 2.42. The minimum atomic E-state index is -0.543. The van der Waals surface area contributed by atoms with Crippen LogP contribution in [0.2, 0.25) is 0 Å². The van der Waals surface area contributed by atoms with Gasteiger partial charge in [-0.25, -0.2) is 0 Å². The van der Waals surface area contributed by atoms with Gasteiger partial charge in [0.05, 0.1) is 6.04 Å². The van der Waals surface area contributed by atoms with Crippen molar-refractivity contribution in [3.8, 4) is 0 Å². The van der Waals surface area contributed by atoms with Crippen molar-refractivity contribution in [2.75, 3.05) is 0 Å². The molecule has 1 aromatic rings. The molecule has 5 heteroatoms. The molecule has 120 valence electrons. The second kappa shape index (κ2) is 6.32. The van der Waals surface area contributed by atoms with Gasteiger partial charge in [-0.15, -0.1) is 0 Å². The van der Waals surface area contributed by atoms with E-state index in [1.165, 1.54) is 22.9 Å². The van der Waals surface area contributed by atoms with E-state index in [0.717, 1.165) is 6.42 Å². The second-order valence-electron chi connectivity index (χ2n) is 6.22.